The first-order valence-corrected chi connectivity index (χ1v) is 7.37. The highest BCUT2D eigenvalue weighted by Gasteiger charge is 2.43. The number of nitrogen functional groups attached to an aromatic ring is 1. The number of benzene rings is 2. The maximum absolute atomic E-state index is 12.9. The second kappa shape index (κ2) is 5.05. The molecule has 1 unspecified atom stereocenters. The van der Waals surface area contributed by atoms with Crippen LogP contribution in [0, 0.1) is 0 Å². The van der Waals surface area contributed by atoms with Crippen LogP contribution in [0.1, 0.15) is 32.4 Å². The van der Waals surface area contributed by atoms with E-state index >= 15 is 0 Å². The van der Waals surface area contributed by atoms with Crippen LogP contribution in [0.2, 0.25) is 0 Å². The van der Waals surface area contributed by atoms with Gasteiger partial charge in [-0.2, -0.15) is 0 Å². The van der Waals surface area contributed by atoms with Gasteiger partial charge in [0.15, 0.2) is 5.60 Å². The number of rotatable bonds is 2. The van der Waals surface area contributed by atoms with Crippen LogP contribution < -0.4 is 15.4 Å². The number of fused-ring (bicyclic) bond motifs is 1. The molecule has 0 radical (unpaired) electrons. The van der Waals surface area contributed by atoms with E-state index in [1.54, 1.807) is 30.9 Å². The minimum absolute atomic E-state index is 0.0545. The van der Waals surface area contributed by atoms with Crippen molar-refractivity contribution in [2.75, 3.05) is 10.6 Å². The summed E-state index contributed by atoms with van der Waals surface area (Å²) in [4.78, 5) is 14.7. The number of nitrogens with two attached hydrogens (primary N) is 1. The SMILES string of the molecule is CC(c1ccccc1)N1C(=O)C(C)(C)Oc2cc(N)ccc21. The Bertz CT molecular complexity index is 710. The summed E-state index contributed by atoms with van der Waals surface area (Å²) in [6.07, 6.45) is 0. The summed E-state index contributed by atoms with van der Waals surface area (Å²) in [5.74, 6) is 0.591. The molecular weight excluding hydrogens is 276 g/mol. The third kappa shape index (κ3) is 2.30. The van der Waals surface area contributed by atoms with Gasteiger partial charge in [-0.15, -0.1) is 0 Å². The van der Waals surface area contributed by atoms with Crippen LogP contribution in [0.4, 0.5) is 11.4 Å². The van der Waals surface area contributed by atoms with Gasteiger partial charge in [0.25, 0.3) is 5.91 Å². The third-order valence-electron chi connectivity index (χ3n) is 4.01. The van der Waals surface area contributed by atoms with Gasteiger partial charge in [0, 0.05) is 11.8 Å². The molecule has 0 aromatic heterocycles. The minimum atomic E-state index is -0.913. The fourth-order valence-electron chi connectivity index (χ4n) is 2.79. The largest absolute Gasteiger partial charge is 0.476 e. The number of hydrogen-bond acceptors (Lipinski definition) is 3. The maximum Gasteiger partial charge on any atom is 0.271 e. The zero-order chi connectivity index (χ0) is 15.9. The van der Waals surface area contributed by atoms with E-state index in [0.29, 0.717) is 11.4 Å². The maximum atomic E-state index is 12.9. The quantitative estimate of drug-likeness (QED) is 0.862. The lowest BCUT2D eigenvalue weighted by atomic mass is 9.98. The molecule has 0 saturated carbocycles. The summed E-state index contributed by atoms with van der Waals surface area (Å²) in [6, 6.07) is 15.3. The molecule has 2 aromatic carbocycles. The topological polar surface area (TPSA) is 55.6 Å². The molecule has 1 amide bonds. The monoisotopic (exact) mass is 296 g/mol. The molecule has 1 atom stereocenters. The van der Waals surface area contributed by atoms with Crippen LogP contribution in [-0.4, -0.2) is 11.5 Å². The molecule has 22 heavy (non-hydrogen) atoms. The molecule has 114 valence electrons. The first-order chi connectivity index (χ1) is 10.4. The number of amides is 1. The molecule has 2 N–H and O–H groups in total. The van der Waals surface area contributed by atoms with Gasteiger partial charge in [0.05, 0.1) is 11.7 Å². The Hall–Kier alpha value is -2.49. The van der Waals surface area contributed by atoms with Gasteiger partial charge in [0.1, 0.15) is 5.75 Å². The Kier molecular flexibility index (Phi) is 3.32. The van der Waals surface area contributed by atoms with Crippen molar-refractivity contribution in [2.24, 2.45) is 0 Å². The van der Waals surface area contributed by atoms with Gasteiger partial charge < -0.3 is 10.5 Å². The molecule has 3 rings (SSSR count). The van der Waals surface area contributed by atoms with Crippen LogP contribution in [-0.2, 0) is 4.79 Å². The molecule has 1 aliphatic rings. The number of hydrogen-bond donors (Lipinski definition) is 1. The minimum Gasteiger partial charge on any atom is -0.476 e. The zero-order valence-corrected chi connectivity index (χ0v) is 13.0. The van der Waals surface area contributed by atoms with E-state index in [-0.39, 0.29) is 11.9 Å². The lowest BCUT2D eigenvalue weighted by Crippen LogP contribution is -2.53. The first kappa shape index (κ1) is 14.4. The van der Waals surface area contributed by atoms with E-state index in [0.717, 1.165) is 11.3 Å². The van der Waals surface area contributed by atoms with Crippen molar-refractivity contribution in [3.8, 4) is 5.75 Å². The van der Waals surface area contributed by atoms with Crippen LogP contribution in [0.15, 0.2) is 48.5 Å². The van der Waals surface area contributed by atoms with E-state index < -0.39 is 5.60 Å². The van der Waals surface area contributed by atoms with Crippen molar-refractivity contribution >= 4 is 17.3 Å². The molecule has 4 nitrogen and oxygen atoms in total. The molecule has 0 bridgehead atoms. The summed E-state index contributed by atoms with van der Waals surface area (Å²) in [5, 5.41) is 0. The lowest BCUT2D eigenvalue weighted by molar-refractivity contribution is -0.133. The van der Waals surface area contributed by atoms with Gasteiger partial charge in [-0.1, -0.05) is 30.3 Å². The van der Waals surface area contributed by atoms with E-state index in [2.05, 4.69) is 0 Å². The Balaban J connectivity index is 2.11. The van der Waals surface area contributed by atoms with Crippen molar-refractivity contribution in [3.63, 3.8) is 0 Å². The molecule has 0 fully saturated rings. The second-order valence-corrected chi connectivity index (χ2v) is 6.10. The highest BCUT2D eigenvalue weighted by Crippen LogP contribution is 2.42. The van der Waals surface area contributed by atoms with E-state index in [9.17, 15) is 4.79 Å². The van der Waals surface area contributed by atoms with Crippen LogP contribution >= 0.6 is 0 Å². The molecule has 0 saturated heterocycles. The fourth-order valence-corrected chi connectivity index (χ4v) is 2.79. The Morgan fingerprint density at radius 1 is 1.14 bits per heavy atom. The Morgan fingerprint density at radius 3 is 2.50 bits per heavy atom. The van der Waals surface area contributed by atoms with Gasteiger partial charge in [-0.05, 0) is 38.5 Å². The Morgan fingerprint density at radius 2 is 1.82 bits per heavy atom. The standard InChI is InChI=1S/C18H20N2O2/c1-12(13-7-5-4-6-8-13)20-15-10-9-14(19)11-16(15)22-18(2,3)17(20)21/h4-12H,19H2,1-3H3. The van der Waals surface area contributed by atoms with Crippen molar-refractivity contribution in [1.82, 2.24) is 0 Å². The first-order valence-electron chi connectivity index (χ1n) is 7.37. The third-order valence-corrected chi connectivity index (χ3v) is 4.01. The molecule has 2 aromatic rings. The lowest BCUT2D eigenvalue weighted by Gasteiger charge is -2.41. The van der Waals surface area contributed by atoms with E-state index in [1.165, 1.54) is 0 Å². The smallest absolute Gasteiger partial charge is 0.271 e. The summed E-state index contributed by atoms with van der Waals surface area (Å²) in [6.45, 7) is 5.59. The van der Waals surface area contributed by atoms with Crippen LogP contribution in [0.3, 0.4) is 0 Å². The summed E-state index contributed by atoms with van der Waals surface area (Å²) >= 11 is 0. The number of carbonyl (C=O) groups is 1. The molecule has 0 spiro atoms. The second-order valence-electron chi connectivity index (χ2n) is 6.10. The van der Waals surface area contributed by atoms with Crippen molar-refractivity contribution in [1.29, 1.82) is 0 Å². The summed E-state index contributed by atoms with van der Waals surface area (Å²) in [7, 11) is 0. The van der Waals surface area contributed by atoms with Gasteiger partial charge in [-0.3, -0.25) is 9.69 Å². The summed E-state index contributed by atoms with van der Waals surface area (Å²) in [5.41, 5.74) is 7.40. The van der Waals surface area contributed by atoms with Gasteiger partial charge >= 0.3 is 0 Å². The predicted molar refractivity (Wildman–Crippen MR) is 87.9 cm³/mol. The Labute approximate surface area is 130 Å². The van der Waals surface area contributed by atoms with Crippen LogP contribution in [0.25, 0.3) is 0 Å². The molecule has 0 aliphatic carbocycles. The van der Waals surface area contributed by atoms with Gasteiger partial charge in [0.2, 0.25) is 0 Å². The highest BCUT2D eigenvalue weighted by molar-refractivity contribution is 6.03. The average molecular weight is 296 g/mol. The molecule has 1 aliphatic heterocycles. The number of carbonyl (C=O) groups excluding carboxylic acids is 1. The number of anilines is 2. The van der Waals surface area contributed by atoms with Crippen LogP contribution in [0.5, 0.6) is 5.75 Å². The van der Waals surface area contributed by atoms with E-state index in [1.807, 2.05) is 43.3 Å². The molecule has 4 heteroatoms. The highest BCUT2D eigenvalue weighted by atomic mass is 16.5. The summed E-state index contributed by atoms with van der Waals surface area (Å²) < 4.78 is 5.86. The normalized spacial score (nSPS) is 17.6. The fraction of sp³-hybridized carbons (Fsp3) is 0.278. The van der Waals surface area contributed by atoms with Gasteiger partial charge in [-0.25, -0.2) is 0 Å². The van der Waals surface area contributed by atoms with Crippen molar-refractivity contribution in [3.05, 3.63) is 54.1 Å². The number of nitrogens with zero attached hydrogens (tertiary/aromatic N) is 1. The predicted octanol–water partition coefficient (Wildman–Crippen LogP) is 3.53. The van der Waals surface area contributed by atoms with E-state index in [4.69, 9.17) is 10.5 Å². The molecular formula is C18H20N2O2. The number of ether oxygens (including phenoxy) is 1. The van der Waals surface area contributed by atoms with Crippen molar-refractivity contribution in [2.45, 2.75) is 32.4 Å². The van der Waals surface area contributed by atoms with Crippen molar-refractivity contribution < 1.29 is 9.53 Å². The molecule has 1 heterocycles. The zero-order valence-electron chi connectivity index (χ0n) is 13.0. The average Bonchev–Trinajstić information content (AvgIpc) is 2.49.